The molecular weight excluding hydrogens is 310 g/mol. The van der Waals surface area contributed by atoms with E-state index in [-0.39, 0.29) is 11.4 Å². The summed E-state index contributed by atoms with van der Waals surface area (Å²) in [6.07, 6.45) is -4.88. The topological polar surface area (TPSA) is 43.8 Å². The van der Waals surface area contributed by atoms with Gasteiger partial charge < -0.3 is 5.73 Å². The summed E-state index contributed by atoms with van der Waals surface area (Å²) in [5.74, 6) is -1.40. The van der Waals surface area contributed by atoms with Crippen LogP contribution in [0.3, 0.4) is 0 Å². The van der Waals surface area contributed by atoms with Crippen LogP contribution in [0, 0.1) is 5.82 Å². The lowest BCUT2D eigenvalue weighted by atomic mass is 10.1. The number of nitrogens with two attached hydrogens (primary N) is 1. The smallest absolute Gasteiger partial charge is 0.399 e. The highest BCUT2D eigenvalue weighted by Crippen LogP contribution is 2.36. The van der Waals surface area contributed by atoms with Gasteiger partial charge in [-0.3, -0.25) is 0 Å². The number of alkyl halides is 3. The van der Waals surface area contributed by atoms with Gasteiger partial charge in [-0.05, 0) is 24.3 Å². The molecule has 0 aliphatic heterocycles. The third-order valence-electron chi connectivity index (χ3n) is 3.28. The summed E-state index contributed by atoms with van der Waals surface area (Å²) in [6.45, 7) is 0. The average Bonchev–Trinajstić information content (AvgIpc) is 2.86. The van der Waals surface area contributed by atoms with E-state index in [1.54, 1.807) is 18.2 Å². The maximum absolute atomic E-state index is 14.4. The van der Waals surface area contributed by atoms with E-state index >= 15 is 0 Å². The van der Waals surface area contributed by atoms with Gasteiger partial charge in [0.1, 0.15) is 5.69 Å². The van der Waals surface area contributed by atoms with Gasteiger partial charge in [-0.25, -0.2) is 9.07 Å². The van der Waals surface area contributed by atoms with Crippen molar-refractivity contribution in [1.82, 2.24) is 9.78 Å². The Hall–Kier alpha value is -2.83. The first-order valence-electron chi connectivity index (χ1n) is 6.65. The lowest BCUT2D eigenvalue weighted by Crippen LogP contribution is -2.09. The van der Waals surface area contributed by atoms with Gasteiger partial charge in [-0.1, -0.05) is 30.3 Å². The summed E-state index contributed by atoms with van der Waals surface area (Å²) in [7, 11) is 0. The second-order valence-electron chi connectivity index (χ2n) is 4.88. The molecule has 0 spiro atoms. The average molecular weight is 321 g/mol. The monoisotopic (exact) mass is 321 g/mol. The van der Waals surface area contributed by atoms with Gasteiger partial charge in [0.2, 0.25) is 5.69 Å². The van der Waals surface area contributed by atoms with Gasteiger partial charge in [-0.2, -0.15) is 18.3 Å². The van der Waals surface area contributed by atoms with Crippen molar-refractivity contribution in [3.63, 3.8) is 0 Å². The molecule has 0 bridgehead atoms. The summed E-state index contributed by atoms with van der Waals surface area (Å²) < 4.78 is 54.4. The second kappa shape index (κ2) is 5.42. The van der Waals surface area contributed by atoms with Crippen molar-refractivity contribution in [2.75, 3.05) is 5.73 Å². The summed E-state index contributed by atoms with van der Waals surface area (Å²) in [5, 5.41) is 3.43. The molecule has 3 nitrogen and oxygen atoms in total. The number of nitrogens with zero attached hydrogens (tertiary/aromatic N) is 2. The van der Waals surface area contributed by atoms with Crippen LogP contribution in [-0.2, 0) is 6.18 Å². The second-order valence-corrected chi connectivity index (χ2v) is 4.88. The van der Waals surface area contributed by atoms with E-state index < -0.39 is 17.7 Å². The van der Waals surface area contributed by atoms with Gasteiger partial charge in [0.05, 0.1) is 5.69 Å². The minimum Gasteiger partial charge on any atom is -0.399 e. The highest BCUT2D eigenvalue weighted by molar-refractivity contribution is 5.64. The van der Waals surface area contributed by atoms with E-state index in [1.165, 1.54) is 36.4 Å². The molecule has 0 atom stereocenters. The first-order chi connectivity index (χ1) is 10.9. The van der Waals surface area contributed by atoms with Crippen LogP contribution in [0.5, 0.6) is 0 Å². The SMILES string of the molecule is Nc1ccc(-n2nc(C(F)(F)F)c(F)c2-c2ccccc2)cc1. The first kappa shape index (κ1) is 15.1. The number of hydrogen-bond acceptors (Lipinski definition) is 2. The van der Waals surface area contributed by atoms with E-state index in [9.17, 15) is 17.6 Å². The summed E-state index contributed by atoms with van der Waals surface area (Å²) in [6, 6.07) is 13.9. The molecule has 1 aromatic heterocycles. The fraction of sp³-hybridized carbons (Fsp3) is 0.0625. The minimum atomic E-state index is -4.88. The Labute approximate surface area is 129 Å². The van der Waals surface area contributed by atoms with E-state index in [0.29, 0.717) is 11.3 Å². The molecule has 0 amide bonds. The zero-order chi connectivity index (χ0) is 16.6. The molecule has 2 N–H and O–H groups in total. The zero-order valence-electron chi connectivity index (χ0n) is 11.7. The van der Waals surface area contributed by atoms with Crippen molar-refractivity contribution in [1.29, 1.82) is 0 Å². The highest BCUT2D eigenvalue weighted by Gasteiger charge is 2.40. The number of aromatic nitrogens is 2. The van der Waals surface area contributed by atoms with E-state index in [2.05, 4.69) is 5.10 Å². The Kier molecular flexibility index (Phi) is 3.55. The van der Waals surface area contributed by atoms with Gasteiger partial charge in [0, 0.05) is 11.3 Å². The molecule has 0 unspecified atom stereocenters. The van der Waals surface area contributed by atoms with Crippen molar-refractivity contribution in [2.45, 2.75) is 6.18 Å². The Morgan fingerprint density at radius 1 is 0.913 bits per heavy atom. The lowest BCUT2D eigenvalue weighted by Gasteiger charge is -2.07. The van der Waals surface area contributed by atoms with E-state index in [0.717, 1.165) is 4.68 Å². The summed E-state index contributed by atoms with van der Waals surface area (Å²) in [4.78, 5) is 0. The minimum absolute atomic E-state index is 0.248. The standard InChI is InChI=1S/C16H11F4N3/c17-13-14(10-4-2-1-3-5-10)23(22-15(13)16(18,19)20)12-8-6-11(21)7-9-12/h1-9H,21H2. The third kappa shape index (κ3) is 2.77. The van der Waals surface area contributed by atoms with Crippen LogP contribution in [-0.4, -0.2) is 9.78 Å². The number of anilines is 1. The van der Waals surface area contributed by atoms with Crippen LogP contribution >= 0.6 is 0 Å². The van der Waals surface area contributed by atoms with Gasteiger partial charge in [-0.15, -0.1) is 0 Å². The first-order valence-corrected chi connectivity index (χ1v) is 6.65. The Morgan fingerprint density at radius 3 is 2.09 bits per heavy atom. The lowest BCUT2D eigenvalue weighted by molar-refractivity contribution is -0.143. The van der Waals surface area contributed by atoms with Crippen molar-refractivity contribution >= 4 is 5.69 Å². The number of nitrogen functional groups attached to an aromatic ring is 1. The molecule has 0 aliphatic rings. The van der Waals surface area contributed by atoms with Crippen molar-refractivity contribution in [3.05, 3.63) is 66.1 Å². The fourth-order valence-corrected chi connectivity index (χ4v) is 2.23. The van der Waals surface area contributed by atoms with E-state index in [4.69, 9.17) is 5.73 Å². The number of rotatable bonds is 2. The molecule has 0 saturated heterocycles. The maximum atomic E-state index is 14.4. The molecule has 2 aromatic carbocycles. The molecule has 0 fully saturated rings. The largest absolute Gasteiger partial charge is 0.438 e. The molecule has 23 heavy (non-hydrogen) atoms. The van der Waals surface area contributed by atoms with Crippen LogP contribution in [0.4, 0.5) is 23.2 Å². The summed E-state index contributed by atoms with van der Waals surface area (Å²) in [5.41, 5.74) is 4.80. The molecule has 0 radical (unpaired) electrons. The summed E-state index contributed by atoms with van der Waals surface area (Å²) >= 11 is 0. The number of benzene rings is 2. The van der Waals surface area contributed by atoms with Gasteiger partial charge in [0.15, 0.2) is 5.82 Å². The van der Waals surface area contributed by atoms with Crippen molar-refractivity contribution in [3.8, 4) is 16.9 Å². The molecule has 1 heterocycles. The normalized spacial score (nSPS) is 11.7. The van der Waals surface area contributed by atoms with Crippen LogP contribution in [0.25, 0.3) is 16.9 Å². The maximum Gasteiger partial charge on any atom is 0.438 e. The van der Waals surface area contributed by atoms with Crippen LogP contribution in [0.2, 0.25) is 0 Å². The molecular formula is C16H11F4N3. The number of halogens is 4. The molecule has 0 aliphatic carbocycles. The third-order valence-corrected chi connectivity index (χ3v) is 3.28. The fourth-order valence-electron chi connectivity index (χ4n) is 2.23. The zero-order valence-corrected chi connectivity index (χ0v) is 11.7. The molecule has 0 saturated carbocycles. The Morgan fingerprint density at radius 2 is 1.52 bits per heavy atom. The highest BCUT2D eigenvalue weighted by atomic mass is 19.4. The Balaban J connectivity index is 2.28. The number of hydrogen-bond donors (Lipinski definition) is 1. The van der Waals surface area contributed by atoms with Crippen LogP contribution in [0.1, 0.15) is 5.69 Å². The molecule has 3 aromatic rings. The molecule has 118 valence electrons. The van der Waals surface area contributed by atoms with Crippen LogP contribution in [0.15, 0.2) is 54.6 Å². The van der Waals surface area contributed by atoms with Gasteiger partial charge >= 0.3 is 6.18 Å². The quantitative estimate of drug-likeness (QED) is 0.565. The predicted molar refractivity (Wildman–Crippen MR) is 78.4 cm³/mol. The molecule has 3 rings (SSSR count). The van der Waals surface area contributed by atoms with Crippen LogP contribution < -0.4 is 5.73 Å². The van der Waals surface area contributed by atoms with Crippen molar-refractivity contribution < 1.29 is 17.6 Å². The predicted octanol–water partition coefficient (Wildman–Crippen LogP) is 4.28. The van der Waals surface area contributed by atoms with Crippen molar-refractivity contribution in [2.24, 2.45) is 0 Å². The van der Waals surface area contributed by atoms with E-state index in [1.807, 2.05) is 0 Å². The molecule has 7 heteroatoms. The van der Waals surface area contributed by atoms with Gasteiger partial charge in [0.25, 0.3) is 0 Å². The Bertz CT molecular complexity index is 821.